The average molecular weight is 407 g/mol. The summed E-state index contributed by atoms with van der Waals surface area (Å²) in [6.45, 7) is 0.361. The maximum absolute atomic E-state index is 12.8. The fourth-order valence-electron chi connectivity index (χ4n) is 2.84. The van der Waals surface area contributed by atoms with Crippen LogP contribution in [-0.2, 0) is 6.61 Å². The molecule has 0 atom stereocenters. The quantitative estimate of drug-likeness (QED) is 0.492. The summed E-state index contributed by atoms with van der Waals surface area (Å²) < 4.78 is 8.54. The average Bonchev–Trinajstić information content (AvgIpc) is 2.68. The van der Waals surface area contributed by atoms with Crippen molar-refractivity contribution in [3.63, 3.8) is 0 Å². The molecule has 26 heavy (non-hydrogen) atoms. The second-order valence-electron chi connectivity index (χ2n) is 5.77. The molecule has 0 unspecified atom stereocenters. The lowest BCUT2D eigenvalue weighted by molar-refractivity contribution is 0.308. The molecule has 2 aromatic heterocycles. The maximum atomic E-state index is 12.8. The molecule has 0 aliphatic carbocycles. The fourth-order valence-corrected chi connectivity index (χ4v) is 3.24. The number of nitrogens with zero attached hydrogens (tertiary/aromatic N) is 2. The van der Waals surface area contributed by atoms with Gasteiger partial charge in [-0.25, -0.2) is 4.98 Å². The maximum Gasteiger partial charge on any atom is 0.260 e. The molecule has 4 rings (SSSR count). The van der Waals surface area contributed by atoms with Crippen LogP contribution in [0.5, 0.6) is 5.75 Å². The van der Waals surface area contributed by atoms with E-state index in [0.717, 1.165) is 21.1 Å². The van der Waals surface area contributed by atoms with Gasteiger partial charge in [-0.15, -0.1) is 0 Å². The summed E-state index contributed by atoms with van der Waals surface area (Å²) in [7, 11) is 0. The Hall–Kier alpha value is -2.92. The first-order valence-corrected chi connectivity index (χ1v) is 8.96. The van der Waals surface area contributed by atoms with E-state index in [0.29, 0.717) is 18.0 Å². The Bertz CT molecular complexity index is 1120. The summed E-state index contributed by atoms with van der Waals surface area (Å²) in [5.41, 5.74) is 2.19. The van der Waals surface area contributed by atoms with Crippen molar-refractivity contribution >= 4 is 27.0 Å². The van der Waals surface area contributed by atoms with Gasteiger partial charge in [-0.3, -0.25) is 9.36 Å². The van der Waals surface area contributed by atoms with Gasteiger partial charge in [0.25, 0.3) is 5.56 Å². The molecule has 0 aliphatic heterocycles. The molecule has 0 saturated heterocycles. The summed E-state index contributed by atoms with van der Waals surface area (Å²) in [5.74, 6) is 0.529. The van der Waals surface area contributed by atoms with E-state index >= 15 is 0 Å². The molecule has 0 amide bonds. The summed E-state index contributed by atoms with van der Waals surface area (Å²) in [5, 5.41) is 0.794. The smallest absolute Gasteiger partial charge is 0.260 e. The normalized spacial score (nSPS) is 10.8. The molecule has 0 spiro atoms. The van der Waals surface area contributed by atoms with Crippen molar-refractivity contribution in [2.75, 3.05) is 0 Å². The van der Waals surface area contributed by atoms with Gasteiger partial charge in [-0.05, 0) is 30.3 Å². The first-order chi connectivity index (χ1) is 12.7. The molecule has 0 bridgehead atoms. The number of hydrogen-bond acceptors (Lipinski definition) is 3. The van der Waals surface area contributed by atoms with Crippen LogP contribution in [-0.4, -0.2) is 9.55 Å². The molecule has 128 valence electrons. The van der Waals surface area contributed by atoms with Crippen LogP contribution in [0.1, 0.15) is 5.56 Å². The van der Waals surface area contributed by atoms with E-state index in [1.807, 2.05) is 66.7 Å². The summed E-state index contributed by atoms with van der Waals surface area (Å²) in [4.78, 5) is 17.2. The number of para-hydroxylation sites is 1. The Morgan fingerprint density at radius 3 is 2.54 bits per heavy atom. The van der Waals surface area contributed by atoms with Gasteiger partial charge in [0.15, 0.2) is 5.65 Å². The number of ether oxygens (including phenoxy) is 1. The van der Waals surface area contributed by atoms with E-state index in [4.69, 9.17) is 4.74 Å². The van der Waals surface area contributed by atoms with Crippen LogP contribution in [0.4, 0.5) is 0 Å². The van der Waals surface area contributed by atoms with Crippen molar-refractivity contribution in [1.29, 1.82) is 0 Å². The van der Waals surface area contributed by atoms with Crippen LogP contribution < -0.4 is 10.3 Å². The largest absolute Gasteiger partial charge is 0.488 e. The number of aromatic nitrogens is 2. The monoisotopic (exact) mass is 406 g/mol. The molecule has 0 saturated carbocycles. The Kier molecular flexibility index (Phi) is 4.54. The fraction of sp³-hybridized carbons (Fsp3) is 0.0476. The first kappa shape index (κ1) is 16.5. The van der Waals surface area contributed by atoms with E-state index in [2.05, 4.69) is 20.9 Å². The zero-order valence-electron chi connectivity index (χ0n) is 13.8. The second kappa shape index (κ2) is 7.14. The molecule has 0 fully saturated rings. The standard InChI is InChI=1S/C21H15BrN2O2/c22-18-11-5-4-7-15(18)14-26-19-13-20(25)24(16-8-2-1-3-9-16)21-17(19)10-6-12-23-21/h1-13H,14H2. The van der Waals surface area contributed by atoms with Crippen LogP contribution in [0.15, 0.2) is 88.3 Å². The molecule has 2 aromatic carbocycles. The number of pyridine rings is 2. The number of rotatable bonds is 4. The highest BCUT2D eigenvalue weighted by atomic mass is 79.9. The summed E-state index contributed by atoms with van der Waals surface area (Å²) in [6.07, 6.45) is 1.68. The van der Waals surface area contributed by atoms with Crippen LogP contribution in [0, 0.1) is 0 Å². The van der Waals surface area contributed by atoms with Crippen LogP contribution >= 0.6 is 15.9 Å². The van der Waals surface area contributed by atoms with E-state index in [-0.39, 0.29) is 5.56 Å². The third-order valence-electron chi connectivity index (χ3n) is 4.09. The van der Waals surface area contributed by atoms with Crippen molar-refractivity contribution in [1.82, 2.24) is 9.55 Å². The number of halogens is 1. The number of fused-ring (bicyclic) bond motifs is 1. The van der Waals surface area contributed by atoms with Gasteiger partial charge in [0, 0.05) is 22.3 Å². The topological polar surface area (TPSA) is 44.1 Å². The Morgan fingerprint density at radius 2 is 1.73 bits per heavy atom. The molecule has 0 aliphatic rings. The Balaban J connectivity index is 1.80. The molecule has 0 radical (unpaired) electrons. The summed E-state index contributed by atoms with van der Waals surface area (Å²) in [6, 6.07) is 22.6. The van der Waals surface area contributed by atoms with E-state index in [9.17, 15) is 4.79 Å². The predicted molar refractivity (Wildman–Crippen MR) is 106 cm³/mol. The molecule has 4 nitrogen and oxygen atoms in total. The minimum absolute atomic E-state index is 0.176. The highest BCUT2D eigenvalue weighted by Gasteiger charge is 2.12. The SMILES string of the molecule is O=c1cc(OCc2ccccc2Br)c2cccnc2n1-c1ccccc1. The first-order valence-electron chi connectivity index (χ1n) is 8.16. The lowest BCUT2D eigenvalue weighted by Crippen LogP contribution is -2.19. The van der Waals surface area contributed by atoms with E-state index in [1.54, 1.807) is 10.8 Å². The number of benzene rings is 2. The number of hydrogen-bond donors (Lipinski definition) is 0. The van der Waals surface area contributed by atoms with Gasteiger partial charge in [0.1, 0.15) is 12.4 Å². The molecular formula is C21H15BrN2O2. The molecule has 2 heterocycles. The van der Waals surface area contributed by atoms with Gasteiger partial charge < -0.3 is 4.74 Å². The predicted octanol–water partition coefficient (Wildman–Crippen LogP) is 4.73. The lowest BCUT2D eigenvalue weighted by atomic mass is 10.2. The summed E-state index contributed by atoms with van der Waals surface area (Å²) >= 11 is 3.52. The van der Waals surface area contributed by atoms with Gasteiger partial charge in [-0.2, -0.15) is 0 Å². The molecular weight excluding hydrogens is 392 g/mol. The van der Waals surface area contributed by atoms with Crippen molar-refractivity contribution in [2.24, 2.45) is 0 Å². The molecule has 0 N–H and O–H groups in total. The third kappa shape index (κ3) is 3.13. The Labute approximate surface area is 158 Å². The third-order valence-corrected chi connectivity index (χ3v) is 4.87. The molecule has 5 heteroatoms. The van der Waals surface area contributed by atoms with Crippen LogP contribution in [0.2, 0.25) is 0 Å². The van der Waals surface area contributed by atoms with Crippen molar-refractivity contribution in [3.05, 3.63) is 99.4 Å². The van der Waals surface area contributed by atoms with Gasteiger partial charge in [0.2, 0.25) is 0 Å². The van der Waals surface area contributed by atoms with Crippen molar-refractivity contribution in [2.45, 2.75) is 6.61 Å². The highest BCUT2D eigenvalue weighted by molar-refractivity contribution is 9.10. The minimum atomic E-state index is -0.176. The Morgan fingerprint density at radius 1 is 0.962 bits per heavy atom. The minimum Gasteiger partial charge on any atom is -0.488 e. The van der Waals surface area contributed by atoms with Crippen molar-refractivity contribution < 1.29 is 4.74 Å². The molecule has 4 aromatic rings. The van der Waals surface area contributed by atoms with E-state index in [1.165, 1.54) is 6.07 Å². The van der Waals surface area contributed by atoms with Crippen molar-refractivity contribution in [3.8, 4) is 11.4 Å². The highest BCUT2D eigenvalue weighted by Crippen LogP contribution is 2.26. The zero-order chi connectivity index (χ0) is 17.9. The zero-order valence-corrected chi connectivity index (χ0v) is 15.4. The van der Waals surface area contributed by atoms with Gasteiger partial charge in [-0.1, -0.05) is 52.3 Å². The van der Waals surface area contributed by atoms with Crippen LogP contribution in [0.3, 0.4) is 0 Å². The van der Waals surface area contributed by atoms with E-state index < -0.39 is 0 Å². The van der Waals surface area contributed by atoms with Crippen LogP contribution in [0.25, 0.3) is 16.7 Å². The van der Waals surface area contributed by atoms with Gasteiger partial charge >= 0.3 is 0 Å². The van der Waals surface area contributed by atoms with Gasteiger partial charge in [0.05, 0.1) is 11.1 Å². The lowest BCUT2D eigenvalue weighted by Gasteiger charge is -2.14. The second-order valence-corrected chi connectivity index (χ2v) is 6.63.